The molecule has 2 aromatic rings. The minimum absolute atomic E-state index is 0.00940. The van der Waals surface area contributed by atoms with E-state index in [-0.39, 0.29) is 24.8 Å². The van der Waals surface area contributed by atoms with E-state index in [1.54, 1.807) is 23.1 Å². The topological polar surface area (TPSA) is 85.2 Å². The molecule has 2 heterocycles. The van der Waals surface area contributed by atoms with Gasteiger partial charge in [-0.15, -0.1) is 0 Å². The molecule has 2 aliphatic rings. The number of para-hydroxylation sites is 1. The Bertz CT molecular complexity index is 877. The van der Waals surface area contributed by atoms with E-state index in [2.05, 4.69) is 4.90 Å². The molecule has 0 saturated carbocycles. The summed E-state index contributed by atoms with van der Waals surface area (Å²) in [6.45, 7) is 2.79. The lowest BCUT2D eigenvalue weighted by molar-refractivity contribution is -0.385. The summed E-state index contributed by atoms with van der Waals surface area (Å²) in [5, 5.41) is 11.1. The first-order valence-electron chi connectivity index (χ1n) is 8.76. The third kappa shape index (κ3) is 3.51. The van der Waals surface area contributed by atoms with Gasteiger partial charge in [0.2, 0.25) is 12.7 Å². The predicted molar refractivity (Wildman–Crippen MR) is 98.2 cm³/mol. The normalized spacial score (nSPS) is 15.7. The van der Waals surface area contributed by atoms with Crippen molar-refractivity contribution in [3.8, 4) is 11.5 Å². The highest BCUT2D eigenvalue weighted by Crippen LogP contribution is 2.35. The third-order valence-corrected chi connectivity index (χ3v) is 4.88. The number of anilines is 1. The van der Waals surface area contributed by atoms with Crippen LogP contribution in [0, 0.1) is 10.1 Å². The maximum atomic E-state index is 12.6. The fourth-order valence-corrected chi connectivity index (χ4v) is 3.41. The highest BCUT2D eigenvalue weighted by atomic mass is 16.7. The zero-order valence-corrected chi connectivity index (χ0v) is 14.7. The second-order valence-corrected chi connectivity index (χ2v) is 6.47. The molecule has 2 aromatic carbocycles. The summed E-state index contributed by atoms with van der Waals surface area (Å²) >= 11 is 0. The monoisotopic (exact) mass is 369 g/mol. The fraction of sp³-hybridized carbons (Fsp3) is 0.316. The number of carbonyl (C=O) groups is 1. The van der Waals surface area contributed by atoms with Crippen LogP contribution in [0.4, 0.5) is 11.4 Å². The van der Waals surface area contributed by atoms with Crippen LogP contribution >= 0.6 is 0 Å². The smallest absolute Gasteiger partial charge is 0.273 e. The number of carbonyl (C=O) groups excluding carboxylic acids is 1. The molecule has 1 fully saturated rings. The number of nitrogens with zero attached hydrogens (tertiary/aromatic N) is 3. The number of rotatable bonds is 4. The van der Waals surface area contributed by atoms with Crippen LogP contribution < -0.4 is 14.4 Å². The molecule has 8 heteroatoms. The van der Waals surface area contributed by atoms with Gasteiger partial charge in [-0.05, 0) is 12.1 Å². The average Bonchev–Trinajstić information content (AvgIpc) is 3.16. The van der Waals surface area contributed by atoms with Crippen molar-refractivity contribution in [2.75, 3.05) is 37.9 Å². The Morgan fingerprint density at radius 2 is 1.78 bits per heavy atom. The Labute approximate surface area is 156 Å². The van der Waals surface area contributed by atoms with Gasteiger partial charge in [0, 0.05) is 49.6 Å². The molecule has 27 heavy (non-hydrogen) atoms. The Morgan fingerprint density at radius 3 is 2.56 bits per heavy atom. The van der Waals surface area contributed by atoms with Crippen molar-refractivity contribution >= 4 is 17.3 Å². The quantitative estimate of drug-likeness (QED) is 0.607. The van der Waals surface area contributed by atoms with Crippen LogP contribution in [0.3, 0.4) is 0 Å². The number of hydrogen-bond donors (Lipinski definition) is 0. The van der Waals surface area contributed by atoms with Crippen LogP contribution in [-0.2, 0) is 11.2 Å². The lowest BCUT2D eigenvalue weighted by Gasteiger charge is -2.36. The summed E-state index contributed by atoms with van der Waals surface area (Å²) < 4.78 is 10.7. The second kappa shape index (κ2) is 7.14. The van der Waals surface area contributed by atoms with Crippen LogP contribution in [-0.4, -0.2) is 48.7 Å². The maximum Gasteiger partial charge on any atom is 0.273 e. The van der Waals surface area contributed by atoms with Gasteiger partial charge in [-0.2, -0.15) is 0 Å². The average molecular weight is 369 g/mol. The van der Waals surface area contributed by atoms with Gasteiger partial charge in [0.1, 0.15) is 0 Å². The van der Waals surface area contributed by atoms with Crippen LogP contribution in [0.1, 0.15) is 5.56 Å². The Balaban J connectivity index is 1.38. The first-order chi connectivity index (χ1) is 13.1. The van der Waals surface area contributed by atoms with Crippen molar-refractivity contribution in [3.63, 3.8) is 0 Å². The summed E-state index contributed by atoms with van der Waals surface area (Å²) in [6.07, 6.45) is 0.0428. The van der Waals surface area contributed by atoms with Crippen molar-refractivity contribution in [1.82, 2.24) is 4.90 Å². The van der Waals surface area contributed by atoms with Crippen LogP contribution in [0.5, 0.6) is 11.5 Å². The summed E-state index contributed by atoms with van der Waals surface area (Å²) in [4.78, 5) is 27.2. The summed E-state index contributed by atoms with van der Waals surface area (Å²) in [5.41, 5.74) is 1.47. The van der Waals surface area contributed by atoms with Crippen molar-refractivity contribution in [2.24, 2.45) is 0 Å². The van der Waals surface area contributed by atoms with Crippen molar-refractivity contribution < 1.29 is 19.2 Å². The lowest BCUT2D eigenvalue weighted by Crippen LogP contribution is -2.49. The van der Waals surface area contributed by atoms with Gasteiger partial charge in [0.15, 0.2) is 11.5 Å². The van der Waals surface area contributed by atoms with Crippen LogP contribution in [0.15, 0.2) is 42.5 Å². The van der Waals surface area contributed by atoms with Crippen molar-refractivity contribution in [1.29, 1.82) is 0 Å². The van der Waals surface area contributed by atoms with E-state index in [1.165, 1.54) is 6.07 Å². The van der Waals surface area contributed by atoms with Gasteiger partial charge in [0.25, 0.3) is 5.69 Å². The zero-order valence-electron chi connectivity index (χ0n) is 14.7. The molecular formula is C19H19N3O5. The van der Waals surface area contributed by atoms with Gasteiger partial charge in [-0.25, -0.2) is 0 Å². The second-order valence-electron chi connectivity index (χ2n) is 6.47. The van der Waals surface area contributed by atoms with E-state index >= 15 is 0 Å². The van der Waals surface area contributed by atoms with E-state index < -0.39 is 4.92 Å². The number of piperazine rings is 1. The molecule has 0 aliphatic carbocycles. The van der Waals surface area contributed by atoms with Gasteiger partial charge in [-0.1, -0.05) is 18.2 Å². The maximum absolute atomic E-state index is 12.6. The first kappa shape index (κ1) is 17.1. The molecule has 0 spiro atoms. The molecule has 0 N–H and O–H groups in total. The fourth-order valence-electron chi connectivity index (χ4n) is 3.41. The minimum Gasteiger partial charge on any atom is -0.454 e. The molecule has 0 aromatic heterocycles. The number of hydrogen-bond acceptors (Lipinski definition) is 6. The van der Waals surface area contributed by atoms with Gasteiger partial charge in [-0.3, -0.25) is 14.9 Å². The Kier molecular flexibility index (Phi) is 4.53. The number of ether oxygens (including phenoxy) is 2. The predicted octanol–water partition coefficient (Wildman–Crippen LogP) is 2.21. The number of benzene rings is 2. The number of nitro benzene ring substituents is 1. The third-order valence-electron chi connectivity index (χ3n) is 4.88. The molecule has 0 unspecified atom stereocenters. The van der Waals surface area contributed by atoms with Crippen LogP contribution in [0.25, 0.3) is 0 Å². The molecule has 8 nitrogen and oxygen atoms in total. The van der Waals surface area contributed by atoms with E-state index in [0.29, 0.717) is 31.7 Å². The van der Waals surface area contributed by atoms with E-state index in [0.717, 1.165) is 17.2 Å². The van der Waals surface area contributed by atoms with Gasteiger partial charge < -0.3 is 19.3 Å². The van der Waals surface area contributed by atoms with Crippen molar-refractivity contribution in [3.05, 3.63) is 58.1 Å². The van der Waals surface area contributed by atoms with Gasteiger partial charge in [0.05, 0.1) is 11.3 Å². The minimum atomic E-state index is -0.444. The molecule has 0 bridgehead atoms. The molecule has 4 rings (SSSR count). The first-order valence-corrected chi connectivity index (χ1v) is 8.76. The SMILES string of the molecule is O=C(Cc1ccccc1[N+](=O)[O-])N1CCN(c2ccc3c(c2)OCO3)CC1. The molecule has 1 amide bonds. The standard InChI is InChI=1S/C19H19N3O5/c23-19(11-14-3-1-2-4-16(14)22(24)25)21-9-7-20(8-10-21)15-5-6-17-18(12-15)27-13-26-17/h1-6,12H,7-11,13H2. The zero-order chi connectivity index (χ0) is 18.8. The largest absolute Gasteiger partial charge is 0.454 e. The molecule has 0 atom stereocenters. The highest BCUT2D eigenvalue weighted by molar-refractivity contribution is 5.80. The highest BCUT2D eigenvalue weighted by Gasteiger charge is 2.24. The summed E-state index contributed by atoms with van der Waals surface area (Å²) in [5.74, 6) is 1.40. The molecule has 1 saturated heterocycles. The number of fused-ring (bicyclic) bond motifs is 1. The van der Waals surface area contributed by atoms with E-state index in [1.807, 2.05) is 18.2 Å². The summed E-state index contributed by atoms with van der Waals surface area (Å²) in [7, 11) is 0. The van der Waals surface area contributed by atoms with E-state index in [9.17, 15) is 14.9 Å². The molecule has 2 aliphatic heterocycles. The number of nitro groups is 1. The molecule has 0 radical (unpaired) electrons. The van der Waals surface area contributed by atoms with Crippen LogP contribution in [0.2, 0.25) is 0 Å². The Hall–Kier alpha value is -3.29. The van der Waals surface area contributed by atoms with Crippen molar-refractivity contribution in [2.45, 2.75) is 6.42 Å². The number of amides is 1. The molecular weight excluding hydrogens is 350 g/mol. The van der Waals surface area contributed by atoms with E-state index in [4.69, 9.17) is 9.47 Å². The lowest BCUT2D eigenvalue weighted by atomic mass is 10.1. The molecule has 140 valence electrons. The van der Waals surface area contributed by atoms with Gasteiger partial charge >= 0.3 is 0 Å². The Morgan fingerprint density at radius 1 is 1.04 bits per heavy atom. The summed E-state index contributed by atoms with van der Waals surface area (Å²) in [6, 6.07) is 12.2.